The predicted octanol–water partition coefficient (Wildman–Crippen LogP) is 16.0. The summed E-state index contributed by atoms with van der Waals surface area (Å²) in [7, 11) is -5.39. The molecule has 0 spiro atoms. The minimum atomic E-state index is -5.39. The van der Waals surface area contributed by atoms with Gasteiger partial charge in [0.15, 0.2) is 0 Å². The molecule has 0 saturated carbocycles. The van der Waals surface area contributed by atoms with Crippen molar-refractivity contribution in [1.82, 2.24) is 0 Å². The predicted molar refractivity (Wildman–Crippen MR) is 320 cm³/mol. The molecule has 7 nitrogen and oxygen atoms in total. The van der Waals surface area contributed by atoms with Crippen LogP contribution in [0.25, 0.3) is 0 Å². The van der Waals surface area contributed by atoms with E-state index in [-0.39, 0.29) is 0 Å². The molecule has 0 unspecified atom stereocenters. The van der Waals surface area contributed by atoms with Crippen molar-refractivity contribution in [3.05, 3.63) is 141 Å². The Morgan fingerprint density at radius 1 is 0.351 bits per heavy atom. The van der Waals surface area contributed by atoms with E-state index in [2.05, 4.69) is 135 Å². The summed E-state index contributed by atoms with van der Waals surface area (Å²) >= 11 is 17.8. The number of halogens is 3. The Hall–Kier alpha value is -2.26. The zero-order valence-corrected chi connectivity index (χ0v) is 51.3. The molecular formula is C63H105Cl3N3O4P. The molecule has 0 fully saturated rings. The number of unbranched alkanes of at least 4 members (excludes halogenated alkanes) is 12. The van der Waals surface area contributed by atoms with Crippen LogP contribution in [-0.2, 0) is 23.8 Å². The second-order valence-corrected chi connectivity index (χ2v) is 22.4. The molecule has 3 rings (SSSR count). The number of hydrogen-bond donors (Lipinski definition) is 0. The van der Waals surface area contributed by atoms with Crippen molar-refractivity contribution in [2.45, 2.75) is 178 Å². The summed E-state index contributed by atoms with van der Waals surface area (Å²) in [6.45, 7) is 35.7. The average Bonchev–Trinajstić information content (AvgIpc) is 3.39. The Morgan fingerprint density at radius 2 is 0.554 bits per heavy atom. The molecule has 0 N–H and O–H groups in total. The molecule has 0 atom stereocenters. The first-order valence-corrected chi connectivity index (χ1v) is 31.5. The molecule has 0 bridgehead atoms. The van der Waals surface area contributed by atoms with Gasteiger partial charge in [-0.2, -0.15) is 7.82 Å². The summed E-state index contributed by atoms with van der Waals surface area (Å²) in [5.74, 6) is 0. The highest BCUT2D eigenvalue weighted by atomic mass is 35.5. The molecule has 3 aromatic rings. The number of quaternary nitrogens is 3. The van der Waals surface area contributed by atoms with Crippen molar-refractivity contribution >= 4 is 42.6 Å². The monoisotopic (exact) mass is 1100 g/mol. The number of allylic oxidation sites excluding steroid dienone is 3. The van der Waals surface area contributed by atoms with Crippen molar-refractivity contribution in [3.63, 3.8) is 0 Å². The molecule has 0 aliphatic rings. The topological polar surface area (TPSA) is 86.2 Å². The zero-order chi connectivity index (χ0) is 55.4. The van der Waals surface area contributed by atoms with Gasteiger partial charge in [-0.1, -0.05) is 168 Å². The molecule has 0 aromatic heterocycles. The van der Waals surface area contributed by atoms with E-state index in [0.717, 1.165) is 54.0 Å². The van der Waals surface area contributed by atoms with Crippen molar-refractivity contribution < 1.29 is 32.7 Å². The lowest BCUT2D eigenvalue weighted by atomic mass is 10.1. The minimum absolute atomic E-state index is 0.813. The number of nitrogens with zero attached hydrogens (tertiary/aromatic N) is 3. The second kappa shape index (κ2) is 44.7. The molecule has 3 aromatic carbocycles. The first-order valence-electron chi connectivity index (χ1n) is 28.9. The van der Waals surface area contributed by atoms with Crippen molar-refractivity contribution in [1.29, 1.82) is 0 Å². The first kappa shape index (κ1) is 71.7. The van der Waals surface area contributed by atoms with E-state index in [1.165, 1.54) is 185 Å². The van der Waals surface area contributed by atoms with Gasteiger partial charge in [0.2, 0.25) is 0 Å². The zero-order valence-electron chi connectivity index (χ0n) is 48.2. The van der Waals surface area contributed by atoms with E-state index in [1.54, 1.807) is 0 Å². The highest BCUT2D eigenvalue weighted by molar-refractivity contribution is 7.40. The molecule has 0 radical (unpaired) electrons. The normalized spacial score (nSPS) is 12.1. The van der Waals surface area contributed by atoms with Crippen LogP contribution in [0.4, 0.5) is 0 Å². The second-order valence-electron chi connectivity index (χ2n) is 20.2. The van der Waals surface area contributed by atoms with Crippen LogP contribution < -0.4 is 14.7 Å². The van der Waals surface area contributed by atoms with Crippen LogP contribution in [0.5, 0.6) is 0 Å². The fourth-order valence-corrected chi connectivity index (χ4v) is 9.61. The van der Waals surface area contributed by atoms with E-state index in [9.17, 15) is 0 Å². The molecule has 11 heteroatoms. The summed E-state index contributed by atoms with van der Waals surface area (Å²) in [6.07, 6.45) is 37.7. The Balaban J connectivity index is 0.00000103. The molecule has 422 valence electrons. The Bertz CT molecular complexity index is 1680. The summed E-state index contributed by atoms with van der Waals surface area (Å²) in [6, 6.07) is 24.5. The third-order valence-corrected chi connectivity index (χ3v) is 15.8. The van der Waals surface area contributed by atoms with Crippen molar-refractivity contribution in [3.8, 4) is 0 Å². The van der Waals surface area contributed by atoms with Gasteiger partial charge in [0.1, 0.15) is 0 Å². The van der Waals surface area contributed by atoms with Crippen LogP contribution in [0.1, 0.15) is 175 Å². The number of benzene rings is 3. The quantitative estimate of drug-likeness (QED) is 0.0251. The fraction of sp³-hybridized carbons (Fsp3) is 0.619. The highest BCUT2D eigenvalue weighted by Gasteiger charge is 2.22. The van der Waals surface area contributed by atoms with Crippen LogP contribution in [-0.4, -0.2) is 92.0 Å². The molecule has 0 aliphatic heterocycles. The van der Waals surface area contributed by atoms with E-state index in [0.29, 0.717) is 0 Å². The fourth-order valence-electron chi connectivity index (χ4n) is 9.23. The van der Waals surface area contributed by atoms with Gasteiger partial charge in [0, 0.05) is 15.1 Å². The van der Waals surface area contributed by atoms with Crippen LogP contribution in [0.3, 0.4) is 0 Å². The van der Waals surface area contributed by atoms with Crippen LogP contribution >= 0.6 is 42.6 Å². The van der Waals surface area contributed by atoms with E-state index < -0.39 is 7.82 Å². The maximum Gasteiger partial charge on any atom is 0.0973 e. The third kappa shape index (κ3) is 37.5. The lowest BCUT2D eigenvalue weighted by Gasteiger charge is -2.36. The van der Waals surface area contributed by atoms with Crippen LogP contribution in [0.15, 0.2) is 109 Å². The van der Waals surface area contributed by atoms with Gasteiger partial charge in [0.25, 0.3) is 0 Å². The molecule has 74 heavy (non-hydrogen) atoms. The number of phosphoric acid groups is 1. The SMILES string of the molecule is CCCCCCC[N+](CC)(CC)CC=CCc1ccc(Cl)cc1.CCCCCCC[N+](CC)(CC)CC=CCc1ccc(Cl)cc1.CCCCCCC[N+](CC)(CC)CC=CCc1ccc(Cl)cc1.O=P([O-])([O-])[O-]. The van der Waals surface area contributed by atoms with E-state index in [4.69, 9.17) is 54.0 Å². The molecule has 0 heterocycles. The summed E-state index contributed by atoms with van der Waals surface area (Å²) in [5.41, 5.74) is 3.99. The summed E-state index contributed by atoms with van der Waals surface area (Å²) in [5, 5.41) is 2.44. The Labute approximate surface area is 470 Å². The molecule has 0 aliphatic carbocycles. The molecular weight excluding hydrogens is 1000 g/mol. The smallest absolute Gasteiger partial charge is 0.0973 e. The average molecular weight is 1110 g/mol. The van der Waals surface area contributed by atoms with Crippen molar-refractivity contribution in [2.24, 2.45) is 0 Å². The van der Waals surface area contributed by atoms with Gasteiger partial charge >= 0.3 is 0 Å². The van der Waals surface area contributed by atoms with Gasteiger partial charge in [-0.15, -0.1) is 0 Å². The van der Waals surface area contributed by atoms with Gasteiger partial charge < -0.3 is 32.7 Å². The first-order chi connectivity index (χ1) is 35.5. The maximum absolute atomic E-state index is 8.55. The van der Waals surface area contributed by atoms with Crippen LogP contribution in [0, 0.1) is 0 Å². The highest BCUT2D eigenvalue weighted by Crippen LogP contribution is 2.17. The van der Waals surface area contributed by atoms with E-state index in [1.807, 2.05) is 36.4 Å². The Kier molecular flexibility index (Phi) is 43.3. The lowest BCUT2D eigenvalue weighted by molar-refractivity contribution is -0.919. The Morgan fingerprint density at radius 3 is 0.743 bits per heavy atom. The number of hydrogen-bond acceptors (Lipinski definition) is 4. The van der Waals surface area contributed by atoms with Gasteiger partial charge in [0.05, 0.1) is 78.5 Å². The number of rotatable bonds is 36. The van der Waals surface area contributed by atoms with Gasteiger partial charge in [-0.25, -0.2) is 0 Å². The van der Waals surface area contributed by atoms with E-state index >= 15 is 0 Å². The van der Waals surface area contributed by atoms with Gasteiger partial charge in [-0.3, -0.25) is 0 Å². The standard InChI is InChI=1S/3C21H35ClN.H3O4P/c3*1-4-7-8-9-11-18-23(5-2,6-3)19-12-10-13-20-14-16-21(22)17-15-20;1-5(2,3)4/h3*10,12,14-17H,4-9,11,13,18-19H2,1-3H3;(H3,1,2,3,4)/q3*+1;/p-3. The minimum Gasteiger partial charge on any atom is -0.822 e. The van der Waals surface area contributed by atoms with Gasteiger partial charge in [-0.05, 0) is 171 Å². The number of likely N-dealkylation sites (N-methyl/N-ethyl adjacent to an activating group) is 3. The lowest BCUT2D eigenvalue weighted by Crippen LogP contribution is -2.48. The van der Waals surface area contributed by atoms with Crippen molar-refractivity contribution in [2.75, 3.05) is 78.5 Å². The van der Waals surface area contributed by atoms with Crippen LogP contribution in [0.2, 0.25) is 15.1 Å². The molecule has 0 saturated heterocycles. The summed E-state index contributed by atoms with van der Waals surface area (Å²) in [4.78, 5) is 25.6. The largest absolute Gasteiger partial charge is 0.822 e. The molecule has 0 amide bonds. The maximum atomic E-state index is 8.55. The summed E-state index contributed by atoms with van der Waals surface area (Å²) < 4.78 is 12.2. The third-order valence-electron chi connectivity index (χ3n) is 15.0.